The summed E-state index contributed by atoms with van der Waals surface area (Å²) in [5.74, 6) is 0.462. The molecule has 0 saturated carbocycles. The molecule has 0 radical (unpaired) electrons. The van der Waals surface area contributed by atoms with Gasteiger partial charge in [0.1, 0.15) is 5.82 Å². The molecular formula is C9H10N4O2. The van der Waals surface area contributed by atoms with Gasteiger partial charge in [0, 0.05) is 0 Å². The molecule has 0 aliphatic heterocycles. The predicted octanol–water partition coefficient (Wildman–Crippen LogP) is 0.835. The van der Waals surface area contributed by atoms with Gasteiger partial charge < -0.3 is 16.6 Å². The molecule has 0 fully saturated rings. The number of para-hydroxylation sites is 2. The number of nitrogens with zero attached hydrogens (tertiary/aromatic N) is 2. The smallest absolute Gasteiger partial charge is 0.402 e. The van der Waals surface area contributed by atoms with Crippen molar-refractivity contribution in [3.05, 3.63) is 30.5 Å². The van der Waals surface area contributed by atoms with E-state index in [9.17, 15) is 0 Å². The van der Waals surface area contributed by atoms with Crippen LogP contribution in [0.2, 0.25) is 0 Å². The summed E-state index contributed by atoms with van der Waals surface area (Å²) in [6, 6.07) is 7.63. The summed E-state index contributed by atoms with van der Waals surface area (Å²) < 4.78 is 0. The molecule has 78 valence electrons. The number of hydrogen-bond donors (Lipinski definition) is 3. The standard InChI is InChI=1S/C8H7N3.CH3NO2/c9-8-5-10-6-3-1-2-4-7(6)11-8;2-1(3)4/h1-5H,(H2,9,11);2H2,(H,3,4). The molecule has 0 aliphatic rings. The first-order chi connectivity index (χ1) is 7.09. The number of hydrogen-bond acceptors (Lipinski definition) is 4. The molecule has 0 aliphatic carbocycles. The average molecular weight is 206 g/mol. The first kappa shape index (κ1) is 10.7. The number of primary amides is 1. The van der Waals surface area contributed by atoms with E-state index >= 15 is 0 Å². The third-order valence-corrected chi connectivity index (χ3v) is 1.47. The summed E-state index contributed by atoms with van der Waals surface area (Å²) in [5.41, 5.74) is 11.2. The first-order valence-corrected chi connectivity index (χ1v) is 4.05. The Morgan fingerprint density at radius 3 is 2.40 bits per heavy atom. The van der Waals surface area contributed by atoms with Gasteiger partial charge in [-0.25, -0.2) is 9.78 Å². The minimum atomic E-state index is -1.33. The molecule has 1 amide bonds. The van der Waals surface area contributed by atoms with E-state index < -0.39 is 6.09 Å². The van der Waals surface area contributed by atoms with Crippen LogP contribution in [-0.4, -0.2) is 21.2 Å². The molecule has 1 heterocycles. The molecule has 2 aromatic rings. The average Bonchev–Trinajstić information content (AvgIpc) is 2.16. The zero-order valence-electron chi connectivity index (χ0n) is 7.79. The van der Waals surface area contributed by atoms with Gasteiger partial charge >= 0.3 is 6.09 Å². The number of rotatable bonds is 0. The predicted molar refractivity (Wildman–Crippen MR) is 56.2 cm³/mol. The Labute approximate surface area is 85.6 Å². The Hall–Kier alpha value is -2.37. The van der Waals surface area contributed by atoms with Gasteiger partial charge in [0.2, 0.25) is 0 Å². The van der Waals surface area contributed by atoms with E-state index in [1.165, 1.54) is 0 Å². The summed E-state index contributed by atoms with van der Waals surface area (Å²) in [5, 5.41) is 7.19. The van der Waals surface area contributed by atoms with Gasteiger partial charge in [-0.3, -0.25) is 4.98 Å². The summed E-state index contributed by atoms with van der Waals surface area (Å²) in [6.45, 7) is 0. The van der Waals surface area contributed by atoms with Crippen molar-refractivity contribution in [2.75, 3.05) is 5.73 Å². The topological polar surface area (TPSA) is 115 Å². The molecule has 0 bridgehead atoms. The molecule has 0 spiro atoms. The van der Waals surface area contributed by atoms with Crippen LogP contribution in [0.5, 0.6) is 0 Å². The van der Waals surface area contributed by atoms with Gasteiger partial charge in [0.15, 0.2) is 0 Å². The number of anilines is 1. The van der Waals surface area contributed by atoms with Crippen LogP contribution in [0.4, 0.5) is 10.6 Å². The first-order valence-electron chi connectivity index (χ1n) is 4.05. The maximum atomic E-state index is 8.78. The maximum absolute atomic E-state index is 8.78. The highest BCUT2D eigenvalue weighted by Gasteiger charge is 1.92. The lowest BCUT2D eigenvalue weighted by molar-refractivity contribution is 0.205. The van der Waals surface area contributed by atoms with Crippen LogP contribution >= 0.6 is 0 Å². The van der Waals surface area contributed by atoms with Gasteiger partial charge in [-0.1, -0.05) is 12.1 Å². The fourth-order valence-corrected chi connectivity index (χ4v) is 0.972. The lowest BCUT2D eigenvalue weighted by Crippen LogP contribution is -2.03. The van der Waals surface area contributed by atoms with Gasteiger partial charge in [0.05, 0.1) is 17.2 Å². The molecule has 2 rings (SSSR count). The number of aromatic nitrogens is 2. The van der Waals surface area contributed by atoms with Crippen molar-refractivity contribution in [1.82, 2.24) is 9.97 Å². The van der Waals surface area contributed by atoms with E-state index in [4.69, 9.17) is 15.6 Å². The minimum Gasteiger partial charge on any atom is -0.465 e. The summed E-state index contributed by atoms with van der Waals surface area (Å²) in [6.07, 6.45) is 0.225. The second kappa shape index (κ2) is 4.75. The normalized spacial score (nSPS) is 9.07. The third-order valence-electron chi connectivity index (χ3n) is 1.47. The van der Waals surface area contributed by atoms with Crippen LogP contribution in [0.1, 0.15) is 0 Å². The number of carbonyl (C=O) groups is 1. The number of amides is 1. The fourth-order valence-electron chi connectivity index (χ4n) is 0.972. The second-order valence-corrected chi connectivity index (χ2v) is 2.62. The highest BCUT2D eigenvalue weighted by atomic mass is 16.4. The van der Waals surface area contributed by atoms with E-state index in [0.29, 0.717) is 5.82 Å². The summed E-state index contributed by atoms with van der Waals surface area (Å²) >= 11 is 0. The number of fused-ring (bicyclic) bond motifs is 1. The SMILES string of the molecule is NC(=O)O.Nc1cnc2ccccc2n1. The van der Waals surface area contributed by atoms with E-state index in [-0.39, 0.29) is 0 Å². The van der Waals surface area contributed by atoms with Crippen molar-refractivity contribution < 1.29 is 9.90 Å². The third kappa shape index (κ3) is 3.47. The van der Waals surface area contributed by atoms with Crippen molar-refractivity contribution in [2.24, 2.45) is 5.73 Å². The molecule has 1 aromatic heterocycles. The molecule has 1 aromatic carbocycles. The van der Waals surface area contributed by atoms with Crippen LogP contribution in [0, 0.1) is 0 Å². The minimum absolute atomic E-state index is 0.462. The molecule has 6 heteroatoms. The summed E-state index contributed by atoms with van der Waals surface area (Å²) in [4.78, 5) is 17.0. The van der Waals surface area contributed by atoms with E-state index in [0.717, 1.165) is 11.0 Å². The molecule has 6 nitrogen and oxygen atoms in total. The quantitative estimate of drug-likeness (QED) is 0.590. The molecule has 5 N–H and O–H groups in total. The van der Waals surface area contributed by atoms with Gasteiger partial charge in [-0.15, -0.1) is 0 Å². The molecule has 15 heavy (non-hydrogen) atoms. The Kier molecular flexibility index (Phi) is 3.39. The highest BCUT2D eigenvalue weighted by Crippen LogP contribution is 2.08. The number of carboxylic acid groups (broad SMARTS) is 1. The van der Waals surface area contributed by atoms with Crippen molar-refractivity contribution in [3.63, 3.8) is 0 Å². The Balaban J connectivity index is 0.000000245. The van der Waals surface area contributed by atoms with Crippen molar-refractivity contribution >= 4 is 22.9 Å². The van der Waals surface area contributed by atoms with E-state index in [1.807, 2.05) is 24.3 Å². The maximum Gasteiger partial charge on any atom is 0.402 e. The molecule has 0 unspecified atom stereocenters. The van der Waals surface area contributed by atoms with Crippen LogP contribution in [0.3, 0.4) is 0 Å². The molecule has 0 saturated heterocycles. The van der Waals surface area contributed by atoms with Gasteiger partial charge in [-0.05, 0) is 12.1 Å². The molecule has 0 atom stereocenters. The monoisotopic (exact) mass is 206 g/mol. The highest BCUT2D eigenvalue weighted by molar-refractivity contribution is 5.74. The lowest BCUT2D eigenvalue weighted by atomic mass is 10.3. The van der Waals surface area contributed by atoms with Crippen LogP contribution in [0.15, 0.2) is 30.5 Å². The van der Waals surface area contributed by atoms with Crippen molar-refractivity contribution in [2.45, 2.75) is 0 Å². The summed E-state index contributed by atoms with van der Waals surface area (Å²) in [7, 11) is 0. The number of nitrogens with two attached hydrogens (primary N) is 2. The van der Waals surface area contributed by atoms with Crippen LogP contribution < -0.4 is 11.5 Å². The lowest BCUT2D eigenvalue weighted by Gasteiger charge is -1.94. The second-order valence-electron chi connectivity index (χ2n) is 2.62. The van der Waals surface area contributed by atoms with Crippen LogP contribution in [-0.2, 0) is 0 Å². The number of nitrogen functional groups attached to an aromatic ring is 1. The Morgan fingerprint density at radius 2 is 1.80 bits per heavy atom. The fraction of sp³-hybridized carbons (Fsp3) is 0. The number of benzene rings is 1. The van der Waals surface area contributed by atoms with Crippen molar-refractivity contribution in [3.8, 4) is 0 Å². The van der Waals surface area contributed by atoms with Crippen molar-refractivity contribution in [1.29, 1.82) is 0 Å². The zero-order chi connectivity index (χ0) is 11.3. The van der Waals surface area contributed by atoms with E-state index in [1.54, 1.807) is 6.20 Å². The zero-order valence-corrected chi connectivity index (χ0v) is 7.79. The Bertz CT molecular complexity index is 468. The van der Waals surface area contributed by atoms with E-state index in [2.05, 4.69) is 15.7 Å². The largest absolute Gasteiger partial charge is 0.465 e. The van der Waals surface area contributed by atoms with Gasteiger partial charge in [0.25, 0.3) is 0 Å². The van der Waals surface area contributed by atoms with Gasteiger partial charge in [-0.2, -0.15) is 0 Å². The Morgan fingerprint density at radius 1 is 1.27 bits per heavy atom. The molecular weight excluding hydrogens is 196 g/mol. The van der Waals surface area contributed by atoms with Crippen LogP contribution in [0.25, 0.3) is 11.0 Å².